The van der Waals surface area contributed by atoms with E-state index in [1.54, 1.807) is 18.3 Å². The van der Waals surface area contributed by atoms with Crippen LogP contribution >= 0.6 is 11.6 Å². The van der Waals surface area contributed by atoms with Gasteiger partial charge in [0.15, 0.2) is 0 Å². The molecule has 0 aromatic heterocycles. The Balaban J connectivity index is 1.92. The highest BCUT2D eigenvalue weighted by molar-refractivity contribution is 6.30. The van der Waals surface area contributed by atoms with Gasteiger partial charge in [-0.15, -0.1) is 0 Å². The topological polar surface area (TPSA) is 52.8 Å². The Morgan fingerprint density at radius 3 is 2.83 bits per heavy atom. The molecule has 0 heterocycles. The number of aliphatic hydroxyl groups is 1. The third-order valence-electron chi connectivity index (χ3n) is 3.46. The molecule has 1 aromatic carbocycles. The molecule has 0 radical (unpaired) electrons. The smallest absolute Gasteiger partial charge is 0.124 e. The number of hydrogen-bond acceptors (Lipinski definition) is 3. The maximum atomic E-state index is 9.95. The predicted molar refractivity (Wildman–Crippen MR) is 73.5 cm³/mol. The lowest BCUT2D eigenvalue weighted by Gasteiger charge is -2.14. The summed E-state index contributed by atoms with van der Waals surface area (Å²) in [4.78, 5) is 4.19. The number of aromatic hydroxyl groups is 1. The number of nitrogens with zero attached hydrogens (tertiary/aromatic N) is 1. The summed E-state index contributed by atoms with van der Waals surface area (Å²) in [6.07, 6.45) is 5.81. The van der Waals surface area contributed by atoms with Crippen LogP contribution in [0.1, 0.15) is 31.2 Å². The molecule has 1 aromatic rings. The largest absolute Gasteiger partial charge is 0.507 e. The van der Waals surface area contributed by atoms with E-state index in [4.69, 9.17) is 11.6 Å². The Labute approximate surface area is 112 Å². The number of benzene rings is 1. The molecule has 0 saturated heterocycles. The molecular formula is C14H18ClNO2. The summed E-state index contributed by atoms with van der Waals surface area (Å²) in [6.45, 7) is 0.386. The standard InChI is InChI=1S/C14H18ClNO2/c15-12-5-6-13(17)11(7-12)8-16-9-14(18)10-3-1-2-4-10/h5-8,10,14,17-18H,1-4,9H2. The number of rotatable bonds is 4. The van der Waals surface area contributed by atoms with E-state index in [9.17, 15) is 10.2 Å². The van der Waals surface area contributed by atoms with Crippen LogP contribution in [0.15, 0.2) is 23.2 Å². The first-order valence-corrected chi connectivity index (χ1v) is 6.71. The van der Waals surface area contributed by atoms with E-state index in [-0.39, 0.29) is 11.9 Å². The van der Waals surface area contributed by atoms with Crippen LogP contribution in [-0.4, -0.2) is 29.1 Å². The predicted octanol–water partition coefficient (Wildman–Crippen LogP) is 3.02. The molecule has 0 bridgehead atoms. The second kappa shape index (κ2) is 6.21. The van der Waals surface area contributed by atoms with Gasteiger partial charge >= 0.3 is 0 Å². The zero-order valence-electron chi connectivity index (χ0n) is 10.2. The highest BCUT2D eigenvalue weighted by Gasteiger charge is 2.22. The van der Waals surface area contributed by atoms with E-state index in [0.29, 0.717) is 23.0 Å². The second-order valence-electron chi connectivity index (χ2n) is 4.81. The van der Waals surface area contributed by atoms with Crippen molar-refractivity contribution in [3.05, 3.63) is 28.8 Å². The van der Waals surface area contributed by atoms with Crippen LogP contribution in [0.5, 0.6) is 5.75 Å². The Hall–Kier alpha value is -1.06. The molecule has 1 saturated carbocycles. The third-order valence-corrected chi connectivity index (χ3v) is 3.69. The van der Waals surface area contributed by atoms with Gasteiger partial charge in [0.05, 0.1) is 12.6 Å². The fraction of sp³-hybridized carbons (Fsp3) is 0.500. The fourth-order valence-corrected chi connectivity index (χ4v) is 2.56. The van der Waals surface area contributed by atoms with E-state index < -0.39 is 0 Å². The third kappa shape index (κ3) is 3.47. The minimum absolute atomic E-state index is 0.151. The normalized spacial score (nSPS) is 18.6. The molecule has 1 aliphatic rings. The monoisotopic (exact) mass is 267 g/mol. The number of halogens is 1. The lowest BCUT2D eigenvalue weighted by molar-refractivity contribution is 0.119. The van der Waals surface area contributed by atoms with Crippen LogP contribution in [0.25, 0.3) is 0 Å². The first-order valence-electron chi connectivity index (χ1n) is 6.33. The van der Waals surface area contributed by atoms with E-state index in [1.165, 1.54) is 18.9 Å². The Morgan fingerprint density at radius 2 is 2.11 bits per heavy atom. The van der Waals surface area contributed by atoms with Crippen molar-refractivity contribution >= 4 is 17.8 Å². The van der Waals surface area contributed by atoms with Gasteiger partial charge in [0, 0.05) is 16.8 Å². The summed E-state index contributed by atoms with van der Waals surface area (Å²) in [5.74, 6) is 0.536. The van der Waals surface area contributed by atoms with Crippen molar-refractivity contribution in [1.82, 2.24) is 0 Å². The Kier molecular flexibility index (Phi) is 4.61. The highest BCUT2D eigenvalue weighted by Crippen LogP contribution is 2.27. The molecule has 1 atom stereocenters. The average Bonchev–Trinajstić information content (AvgIpc) is 2.87. The summed E-state index contributed by atoms with van der Waals surface area (Å²) in [6, 6.07) is 4.82. The van der Waals surface area contributed by atoms with Crippen molar-refractivity contribution in [1.29, 1.82) is 0 Å². The molecule has 98 valence electrons. The molecule has 1 unspecified atom stereocenters. The number of phenols is 1. The molecule has 2 N–H and O–H groups in total. The molecule has 3 nitrogen and oxygen atoms in total. The van der Waals surface area contributed by atoms with Crippen LogP contribution in [0, 0.1) is 5.92 Å². The maximum absolute atomic E-state index is 9.95. The van der Waals surface area contributed by atoms with Crippen molar-refractivity contribution in [2.24, 2.45) is 10.9 Å². The summed E-state index contributed by atoms with van der Waals surface area (Å²) in [5.41, 5.74) is 0.584. The summed E-state index contributed by atoms with van der Waals surface area (Å²) in [7, 11) is 0. The molecular weight excluding hydrogens is 250 g/mol. The summed E-state index contributed by atoms with van der Waals surface area (Å²) >= 11 is 5.84. The SMILES string of the molecule is Oc1ccc(Cl)cc1C=NCC(O)C1CCCC1. The van der Waals surface area contributed by atoms with Crippen molar-refractivity contribution in [2.75, 3.05) is 6.54 Å². The zero-order chi connectivity index (χ0) is 13.0. The second-order valence-corrected chi connectivity index (χ2v) is 5.25. The van der Waals surface area contributed by atoms with Crippen LogP contribution in [0.3, 0.4) is 0 Å². The molecule has 1 aliphatic carbocycles. The van der Waals surface area contributed by atoms with Crippen LogP contribution in [-0.2, 0) is 0 Å². The van der Waals surface area contributed by atoms with Gasteiger partial charge < -0.3 is 10.2 Å². The van der Waals surface area contributed by atoms with Crippen molar-refractivity contribution < 1.29 is 10.2 Å². The molecule has 2 rings (SSSR count). The van der Waals surface area contributed by atoms with Crippen molar-refractivity contribution in [3.8, 4) is 5.75 Å². The lowest BCUT2D eigenvalue weighted by atomic mass is 10.0. The number of phenolic OH excluding ortho intramolecular Hbond substituents is 1. The average molecular weight is 268 g/mol. The van der Waals surface area contributed by atoms with E-state index in [0.717, 1.165) is 12.8 Å². The van der Waals surface area contributed by atoms with Gasteiger partial charge in [-0.1, -0.05) is 24.4 Å². The van der Waals surface area contributed by atoms with Gasteiger partial charge in [0.25, 0.3) is 0 Å². The van der Waals surface area contributed by atoms with Gasteiger partial charge in [-0.25, -0.2) is 0 Å². The molecule has 0 spiro atoms. The van der Waals surface area contributed by atoms with Crippen LogP contribution < -0.4 is 0 Å². The van der Waals surface area contributed by atoms with Crippen molar-refractivity contribution in [3.63, 3.8) is 0 Å². The molecule has 0 amide bonds. The molecule has 18 heavy (non-hydrogen) atoms. The molecule has 4 heteroatoms. The minimum Gasteiger partial charge on any atom is -0.507 e. The quantitative estimate of drug-likeness (QED) is 0.824. The minimum atomic E-state index is -0.370. The molecule has 1 fully saturated rings. The Bertz CT molecular complexity index is 428. The number of hydrogen-bond donors (Lipinski definition) is 2. The Morgan fingerprint density at radius 1 is 1.39 bits per heavy atom. The maximum Gasteiger partial charge on any atom is 0.124 e. The number of aliphatic imine (C=N–C) groups is 1. The lowest BCUT2D eigenvalue weighted by Crippen LogP contribution is -2.20. The van der Waals surface area contributed by atoms with Gasteiger partial charge in [-0.3, -0.25) is 4.99 Å². The summed E-state index contributed by atoms with van der Waals surface area (Å²) in [5, 5.41) is 20.1. The van der Waals surface area contributed by atoms with Gasteiger partial charge in [0.2, 0.25) is 0 Å². The molecule has 0 aliphatic heterocycles. The highest BCUT2D eigenvalue weighted by atomic mass is 35.5. The van der Waals surface area contributed by atoms with E-state index in [1.807, 2.05) is 0 Å². The van der Waals surface area contributed by atoms with Crippen molar-refractivity contribution in [2.45, 2.75) is 31.8 Å². The zero-order valence-corrected chi connectivity index (χ0v) is 11.0. The van der Waals surface area contributed by atoms with E-state index >= 15 is 0 Å². The fourth-order valence-electron chi connectivity index (χ4n) is 2.38. The first kappa shape index (κ1) is 13.4. The van der Waals surface area contributed by atoms with Gasteiger partial charge in [-0.05, 0) is 37.0 Å². The van der Waals surface area contributed by atoms with Gasteiger partial charge in [-0.2, -0.15) is 0 Å². The first-order chi connectivity index (χ1) is 8.66. The van der Waals surface area contributed by atoms with Crippen LogP contribution in [0.2, 0.25) is 5.02 Å². The van der Waals surface area contributed by atoms with Gasteiger partial charge in [0.1, 0.15) is 5.75 Å². The number of aliphatic hydroxyl groups excluding tert-OH is 1. The van der Waals surface area contributed by atoms with Crippen LogP contribution in [0.4, 0.5) is 0 Å². The van der Waals surface area contributed by atoms with E-state index in [2.05, 4.69) is 4.99 Å². The summed E-state index contributed by atoms with van der Waals surface area (Å²) < 4.78 is 0.